The molecule has 0 saturated heterocycles. The number of amides is 2. The Morgan fingerprint density at radius 3 is 2.45 bits per heavy atom. The number of rotatable bonds is 4. The van der Waals surface area contributed by atoms with E-state index in [4.69, 9.17) is 23.2 Å². The smallest absolute Gasteiger partial charge is 0.309 e. The molecule has 22 heavy (non-hydrogen) atoms. The van der Waals surface area contributed by atoms with E-state index in [1.165, 1.54) is 0 Å². The van der Waals surface area contributed by atoms with E-state index in [0.29, 0.717) is 16.5 Å². The van der Waals surface area contributed by atoms with E-state index in [1.54, 1.807) is 12.1 Å². The predicted molar refractivity (Wildman–Crippen MR) is 86.1 cm³/mol. The maximum absolute atomic E-state index is 12.1. The predicted octanol–water partition coefficient (Wildman–Crippen LogP) is 2.85. The molecule has 0 aromatic heterocycles. The number of hydrogen-bond acceptors (Lipinski definition) is 2. The minimum Gasteiger partial charge on any atom is -0.345 e. The molecule has 2 saturated carbocycles. The second kappa shape index (κ2) is 6.09. The second-order valence-electron chi connectivity index (χ2n) is 6.25. The molecule has 2 aliphatic rings. The molecule has 118 valence electrons. The summed E-state index contributed by atoms with van der Waals surface area (Å²) in [7, 11) is 0. The fourth-order valence-electron chi connectivity index (χ4n) is 2.76. The number of benzene rings is 1. The van der Waals surface area contributed by atoms with Crippen LogP contribution in [0.25, 0.3) is 0 Å². The van der Waals surface area contributed by atoms with Gasteiger partial charge < -0.3 is 10.6 Å². The van der Waals surface area contributed by atoms with Crippen LogP contribution in [0.5, 0.6) is 0 Å². The molecule has 0 bridgehead atoms. The molecule has 3 rings (SSSR count). The normalized spacial score (nSPS) is 19.2. The summed E-state index contributed by atoms with van der Waals surface area (Å²) in [5.41, 5.74) is 0.573. The highest BCUT2D eigenvalue weighted by atomic mass is 35.5. The van der Waals surface area contributed by atoms with Crippen molar-refractivity contribution in [1.82, 2.24) is 10.6 Å². The van der Waals surface area contributed by atoms with Crippen LogP contribution in [0.1, 0.15) is 37.7 Å². The van der Waals surface area contributed by atoms with E-state index in [-0.39, 0.29) is 11.6 Å². The third kappa shape index (κ3) is 3.55. The summed E-state index contributed by atoms with van der Waals surface area (Å²) >= 11 is 12.1. The molecule has 6 heteroatoms. The molecule has 0 unspecified atom stereocenters. The highest BCUT2D eigenvalue weighted by Crippen LogP contribution is 2.37. The van der Waals surface area contributed by atoms with Gasteiger partial charge in [0.1, 0.15) is 0 Å². The van der Waals surface area contributed by atoms with Crippen molar-refractivity contribution in [2.45, 2.75) is 50.1 Å². The Hall–Kier alpha value is -1.26. The van der Waals surface area contributed by atoms with Crippen molar-refractivity contribution in [2.75, 3.05) is 0 Å². The zero-order valence-corrected chi connectivity index (χ0v) is 13.6. The molecule has 0 spiro atoms. The largest absolute Gasteiger partial charge is 0.345 e. The molecule has 2 aliphatic carbocycles. The van der Waals surface area contributed by atoms with Crippen LogP contribution in [0.3, 0.4) is 0 Å². The molecule has 2 fully saturated rings. The third-order valence-electron chi connectivity index (χ3n) is 4.35. The Bertz CT molecular complexity index is 610. The number of carbonyl (C=O) groups excluding carboxylic acids is 2. The Morgan fingerprint density at radius 1 is 1.18 bits per heavy atom. The minimum absolute atomic E-state index is 0.182. The highest BCUT2D eigenvalue weighted by molar-refractivity contribution is 6.35. The zero-order valence-electron chi connectivity index (χ0n) is 12.1. The summed E-state index contributed by atoms with van der Waals surface area (Å²) in [5, 5.41) is 6.80. The van der Waals surface area contributed by atoms with Gasteiger partial charge in [0.25, 0.3) is 0 Å². The molecule has 0 heterocycles. The Balaban J connectivity index is 1.66. The topological polar surface area (TPSA) is 58.2 Å². The number of nitrogens with one attached hydrogen (secondary N) is 2. The second-order valence-corrected chi connectivity index (χ2v) is 7.09. The summed E-state index contributed by atoms with van der Waals surface area (Å²) in [6.07, 6.45) is 5.29. The van der Waals surface area contributed by atoms with E-state index in [9.17, 15) is 9.59 Å². The van der Waals surface area contributed by atoms with Crippen molar-refractivity contribution in [3.8, 4) is 0 Å². The van der Waals surface area contributed by atoms with Crippen LogP contribution in [0, 0.1) is 0 Å². The van der Waals surface area contributed by atoms with Crippen molar-refractivity contribution >= 4 is 35.0 Å². The Morgan fingerprint density at radius 2 is 1.91 bits per heavy atom. The molecule has 2 amide bonds. The van der Waals surface area contributed by atoms with Crippen LogP contribution < -0.4 is 10.6 Å². The summed E-state index contributed by atoms with van der Waals surface area (Å²) in [6, 6.07) is 5.55. The lowest BCUT2D eigenvalue weighted by Crippen LogP contribution is -2.58. The first kappa shape index (κ1) is 15.6. The molecular weight excluding hydrogens is 323 g/mol. The van der Waals surface area contributed by atoms with Gasteiger partial charge in [0.15, 0.2) is 0 Å². The zero-order chi connectivity index (χ0) is 15.7. The molecule has 0 atom stereocenters. The van der Waals surface area contributed by atoms with Crippen molar-refractivity contribution in [3.63, 3.8) is 0 Å². The fraction of sp³-hybridized carbons (Fsp3) is 0.500. The maximum Gasteiger partial charge on any atom is 0.309 e. The van der Waals surface area contributed by atoms with E-state index < -0.39 is 11.8 Å². The summed E-state index contributed by atoms with van der Waals surface area (Å²) in [6.45, 7) is 0. The van der Waals surface area contributed by atoms with E-state index in [2.05, 4.69) is 10.6 Å². The van der Waals surface area contributed by atoms with E-state index in [0.717, 1.165) is 37.7 Å². The lowest BCUT2D eigenvalue weighted by Gasteiger charge is -2.42. The van der Waals surface area contributed by atoms with Gasteiger partial charge in [0.05, 0.1) is 0 Å². The fourth-order valence-corrected chi connectivity index (χ4v) is 3.23. The summed E-state index contributed by atoms with van der Waals surface area (Å²) in [4.78, 5) is 23.9. The van der Waals surface area contributed by atoms with Crippen molar-refractivity contribution in [3.05, 3.63) is 33.8 Å². The van der Waals surface area contributed by atoms with Gasteiger partial charge in [-0.05, 0) is 56.2 Å². The lowest BCUT2D eigenvalue weighted by atomic mass is 9.72. The maximum atomic E-state index is 12.1. The molecule has 2 N–H and O–H groups in total. The molecular formula is C16H18Cl2N2O2. The van der Waals surface area contributed by atoms with Crippen LogP contribution in [-0.4, -0.2) is 23.4 Å². The third-order valence-corrected chi connectivity index (χ3v) is 4.94. The number of carbonyl (C=O) groups is 2. The van der Waals surface area contributed by atoms with Gasteiger partial charge in [-0.3, -0.25) is 9.59 Å². The van der Waals surface area contributed by atoms with Crippen LogP contribution in [0.4, 0.5) is 0 Å². The van der Waals surface area contributed by atoms with Crippen molar-refractivity contribution in [1.29, 1.82) is 0 Å². The molecule has 1 aromatic rings. The van der Waals surface area contributed by atoms with Gasteiger partial charge in [0.2, 0.25) is 0 Å². The van der Waals surface area contributed by atoms with Crippen molar-refractivity contribution in [2.24, 2.45) is 0 Å². The van der Waals surface area contributed by atoms with Gasteiger partial charge in [-0.25, -0.2) is 0 Å². The highest BCUT2D eigenvalue weighted by Gasteiger charge is 2.40. The van der Waals surface area contributed by atoms with Gasteiger partial charge >= 0.3 is 11.8 Å². The molecule has 0 radical (unpaired) electrons. The van der Waals surface area contributed by atoms with Gasteiger partial charge in [-0.15, -0.1) is 0 Å². The van der Waals surface area contributed by atoms with Crippen LogP contribution in [0.2, 0.25) is 10.0 Å². The Labute approximate surface area is 139 Å². The molecule has 1 aromatic carbocycles. The first-order valence-electron chi connectivity index (χ1n) is 7.54. The summed E-state index contributed by atoms with van der Waals surface area (Å²) in [5.74, 6) is -1.08. The molecule has 4 nitrogen and oxygen atoms in total. The summed E-state index contributed by atoms with van der Waals surface area (Å²) < 4.78 is 0. The van der Waals surface area contributed by atoms with E-state index >= 15 is 0 Å². The van der Waals surface area contributed by atoms with Gasteiger partial charge in [-0.1, -0.05) is 29.3 Å². The van der Waals surface area contributed by atoms with Gasteiger partial charge in [-0.2, -0.15) is 0 Å². The van der Waals surface area contributed by atoms with E-state index in [1.807, 2.05) is 6.07 Å². The average Bonchev–Trinajstić information content (AvgIpc) is 3.22. The van der Waals surface area contributed by atoms with Gasteiger partial charge in [0, 0.05) is 21.6 Å². The first-order chi connectivity index (χ1) is 10.5. The standard InChI is InChI=1S/C16H18Cl2N2O2/c17-11-3-2-10(13(18)8-11)9-16(6-1-7-16)20-15(22)14(21)19-12-4-5-12/h2-3,8,12H,1,4-7,9H2,(H,19,21)(H,20,22). The van der Waals surface area contributed by atoms with Crippen molar-refractivity contribution < 1.29 is 9.59 Å². The monoisotopic (exact) mass is 340 g/mol. The number of hydrogen-bond donors (Lipinski definition) is 2. The van der Waals surface area contributed by atoms with Crippen LogP contribution in [-0.2, 0) is 16.0 Å². The lowest BCUT2D eigenvalue weighted by molar-refractivity contribution is -0.141. The minimum atomic E-state index is -0.545. The Kier molecular flexibility index (Phi) is 4.33. The van der Waals surface area contributed by atoms with Crippen LogP contribution >= 0.6 is 23.2 Å². The van der Waals surface area contributed by atoms with Crippen LogP contribution in [0.15, 0.2) is 18.2 Å². The first-order valence-corrected chi connectivity index (χ1v) is 8.30. The average molecular weight is 341 g/mol. The quantitative estimate of drug-likeness (QED) is 0.828. The SMILES string of the molecule is O=C(NC1CC1)C(=O)NC1(Cc2ccc(Cl)cc2Cl)CCC1. The number of halogens is 2. The molecule has 0 aliphatic heterocycles.